The minimum absolute atomic E-state index is 0.171. The summed E-state index contributed by atoms with van der Waals surface area (Å²) in [5.41, 5.74) is 1.14. The molecule has 0 spiro atoms. The van der Waals surface area contributed by atoms with E-state index < -0.39 is 0 Å². The van der Waals surface area contributed by atoms with Crippen LogP contribution in [0.15, 0.2) is 6.33 Å². The third kappa shape index (κ3) is 4.00. The number of esters is 1. The highest BCUT2D eigenvalue weighted by atomic mass is 16.6. The normalized spacial score (nSPS) is 22.0. The Morgan fingerprint density at radius 1 is 1.41 bits per heavy atom. The summed E-state index contributed by atoms with van der Waals surface area (Å²) in [5.74, 6) is 0.381. The smallest absolute Gasteiger partial charge is 0.305 e. The number of hydrogen-bond donors (Lipinski definition) is 2. The average molecular weight is 376 g/mol. The van der Waals surface area contributed by atoms with Gasteiger partial charge in [0.25, 0.3) is 0 Å². The first-order valence-electron chi connectivity index (χ1n) is 8.93. The molecule has 1 saturated heterocycles. The Labute approximate surface area is 156 Å². The monoisotopic (exact) mass is 376 g/mol. The molecule has 3 atom stereocenters. The number of anilines is 2. The zero-order valence-electron chi connectivity index (χ0n) is 15.9. The van der Waals surface area contributed by atoms with E-state index in [1.807, 2.05) is 4.57 Å². The Morgan fingerprint density at radius 2 is 2.19 bits per heavy atom. The van der Waals surface area contributed by atoms with Crippen LogP contribution in [-0.2, 0) is 19.1 Å². The van der Waals surface area contributed by atoms with Crippen LogP contribution in [0.25, 0.3) is 11.2 Å². The molecule has 0 bridgehead atoms. The molecule has 146 valence electrons. The number of imidazole rings is 1. The predicted octanol–water partition coefficient (Wildman–Crippen LogP) is 1.70. The average Bonchev–Trinajstić information content (AvgIpc) is 3.21. The van der Waals surface area contributed by atoms with E-state index in [1.165, 1.54) is 6.92 Å². The SMILES string of the molecule is CCC(=O)OC[C@@H]1C[C@H](C)[C@H](n2cnc3c(NC)nc(NC(C)=O)nc32)O1. The number of amides is 1. The van der Waals surface area contributed by atoms with Gasteiger partial charge in [0, 0.05) is 26.3 Å². The molecule has 1 amide bonds. The van der Waals surface area contributed by atoms with Gasteiger partial charge in [-0.25, -0.2) is 4.98 Å². The predicted molar refractivity (Wildman–Crippen MR) is 98.1 cm³/mol. The summed E-state index contributed by atoms with van der Waals surface area (Å²) in [6, 6.07) is 0. The molecule has 0 unspecified atom stereocenters. The summed E-state index contributed by atoms with van der Waals surface area (Å²) in [5, 5.41) is 5.57. The summed E-state index contributed by atoms with van der Waals surface area (Å²) in [6.07, 6.45) is 2.26. The van der Waals surface area contributed by atoms with Gasteiger partial charge in [-0.15, -0.1) is 0 Å². The standard InChI is InChI=1S/C17H24N6O4/c1-5-12(25)26-7-11-6-9(2)16(27-11)23-8-19-13-14(18-4)21-17(20-10(3)24)22-15(13)23/h8-9,11,16H,5-7H2,1-4H3,(H2,18,20,21,22,24)/t9-,11-,16+/m0/s1. The highest BCUT2D eigenvalue weighted by molar-refractivity contribution is 5.90. The van der Waals surface area contributed by atoms with Crippen LogP contribution in [0.3, 0.4) is 0 Å². The van der Waals surface area contributed by atoms with Gasteiger partial charge in [0.15, 0.2) is 17.0 Å². The minimum atomic E-state index is -0.301. The lowest BCUT2D eigenvalue weighted by Gasteiger charge is -2.18. The Bertz CT molecular complexity index is 851. The summed E-state index contributed by atoms with van der Waals surface area (Å²) < 4.78 is 13.1. The molecule has 2 aromatic heterocycles. The third-order valence-corrected chi connectivity index (χ3v) is 4.39. The highest BCUT2D eigenvalue weighted by Gasteiger charge is 2.35. The quantitative estimate of drug-likeness (QED) is 0.731. The zero-order chi connectivity index (χ0) is 19.6. The van der Waals surface area contributed by atoms with Gasteiger partial charge in [-0.3, -0.25) is 19.5 Å². The van der Waals surface area contributed by atoms with Crippen LogP contribution in [0.5, 0.6) is 0 Å². The van der Waals surface area contributed by atoms with Gasteiger partial charge in [-0.05, 0) is 6.42 Å². The molecule has 3 rings (SSSR count). The molecular weight excluding hydrogens is 352 g/mol. The van der Waals surface area contributed by atoms with E-state index in [4.69, 9.17) is 9.47 Å². The summed E-state index contributed by atoms with van der Waals surface area (Å²) >= 11 is 0. The van der Waals surface area contributed by atoms with Crippen molar-refractivity contribution in [3.8, 4) is 0 Å². The summed E-state index contributed by atoms with van der Waals surface area (Å²) in [4.78, 5) is 35.8. The largest absolute Gasteiger partial charge is 0.463 e. The molecule has 0 saturated carbocycles. The lowest BCUT2D eigenvalue weighted by molar-refractivity contribution is -0.148. The molecule has 3 heterocycles. The number of ether oxygens (including phenoxy) is 2. The van der Waals surface area contributed by atoms with Crippen LogP contribution in [0.4, 0.5) is 11.8 Å². The van der Waals surface area contributed by atoms with Gasteiger partial charge in [0.2, 0.25) is 11.9 Å². The molecule has 0 aliphatic carbocycles. The van der Waals surface area contributed by atoms with E-state index >= 15 is 0 Å². The number of nitrogens with zero attached hydrogens (tertiary/aromatic N) is 4. The number of hydrogen-bond acceptors (Lipinski definition) is 8. The van der Waals surface area contributed by atoms with Gasteiger partial charge >= 0.3 is 5.97 Å². The second-order valence-corrected chi connectivity index (χ2v) is 6.55. The summed E-state index contributed by atoms with van der Waals surface area (Å²) in [6.45, 7) is 5.45. The minimum Gasteiger partial charge on any atom is -0.463 e. The number of nitrogens with one attached hydrogen (secondary N) is 2. The van der Waals surface area contributed by atoms with Crippen molar-refractivity contribution in [3.05, 3.63) is 6.33 Å². The maximum Gasteiger partial charge on any atom is 0.305 e. The molecule has 10 nitrogen and oxygen atoms in total. The Kier molecular flexibility index (Phi) is 5.54. The highest BCUT2D eigenvalue weighted by Crippen LogP contribution is 2.36. The van der Waals surface area contributed by atoms with Gasteiger partial charge in [0.05, 0.1) is 12.4 Å². The molecule has 1 aliphatic heterocycles. The molecule has 1 aliphatic rings. The van der Waals surface area contributed by atoms with Gasteiger partial charge < -0.3 is 14.8 Å². The van der Waals surface area contributed by atoms with Crippen molar-refractivity contribution in [2.75, 3.05) is 24.3 Å². The van der Waals surface area contributed by atoms with Crippen molar-refractivity contribution in [3.63, 3.8) is 0 Å². The number of aromatic nitrogens is 4. The van der Waals surface area contributed by atoms with E-state index in [0.29, 0.717) is 23.4 Å². The third-order valence-electron chi connectivity index (χ3n) is 4.39. The fourth-order valence-corrected chi connectivity index (χ4v) is 3.14. The second kappa shape index (κ2) is 7.87. The van der Waals surface area contributed by atoms with Crippen molar-refractivity contribution in [1.82, 2.24) is 19.5 Å². The first-order chi connectivity index (χ1) is 12.9. The van der Waals surface area contributed by atoms with Gasteiger partial charge in [-0.1, -0.05) is 13.8 Å². The van der Waals surface area contributed by atoms with E-state index in [9.17, 15) is 9.59 Å². The topological polar surface area (TPSA) is 120 Å². The van der Waals surface area contributed by atoms with Gasteiger partial charge in [-0.2, -0.15) is 9.97 Å². The van der Waals surface area contributed by atoms with Gasteiger partial charge in [0.1, 0.15) is 12.8 Å². The number of carbonyl (C=O) groups excluding carboxylic acids is 2. The number of fused-ring (bicyclic) bond motifs is 1. The van der Waals surface area contributed by atoms with Crippen LogP contribution in [0, 0.1) is 5.92 Å². The van der Waals surface area contributed by atoms with Crippen LogP contribution in [0.1, 0.15) is 39.8 Å². The maximum atomic E-state index is 11.4. The van der Waals surface area contributed by atoms with E-state index in [1.54, 1.807) is 20.3 Å². The maximum absolute atomic E-state index is 11.4. The Balaban J connectivity index is 1.87. The fourth-order valence-electron chi connectivity index (χ4n) is 3.14. The lowest BCUT2D eigenvalue weighted by atomic mass is 10.1. The van der Waals surface area contributed by atoms with Crippen LogP contribution < -0.4 is 10.6 Å². The van der Waals surface area contributed by atoms with Crippen molar-refractivity contribution in [1.29, 1.82) is 0 Å². The number of carbonyl (C=O) groups is 2. The molecule has 27 heavy (non-hydrogen) atoms. The fraction of sp³-hybridized carbons (Fsp3) is 0.588. The first kappa shape index (κ1) is 19.0. The van der Waals surface area contributed by atoms with Crippen LogP contribution in [-0.4, -0.2) is 51.2 Å². The van der Waals surface area contributed by atoms with E-state index in [2.05, 4.69) is 32.5 Å². The molecular formula is C17H24N6O4. The Morgan fingerprint density at radius 3 is 2.85 bits per heavy atom. The first-order valence-corrected chi connectivity index (χ1v) is 8.93. The second-order valence-electron chi connectivity index (χ2n) is 6.55. The van der Waals surface area contributed by atoms with E-state index in [0.717, 1.165) is 6.42 Å². The Hall–Kier alpha value is -2.75. The summed E-state index contributed by atoms with van der Waals surface area (Å²) in [7, 11) is 1.73. The molecule has 2 N–H and O–H groups in total. The molecule has 10 heteroatoms. The van der Waals surface area contributed by atoms with E-state index in [-0.39, 0.29) is 42.7 Å². The number of rotatable bonds is 6. The van der Waals surface area contributed by atoms with Crippen molar-refractivity contribution in [2.45, 2.75) is 45.9 Å². The molecule has 2 aromatic rings. The molecule has 0 radical (unpaired) electrons. The van der Waals surface area contributed by atoms with Crippen LogP contribution >= 0.6 is 0 Å². The lowest BCUT2D eigenvalue weighted by Crippen LogP contribution is -2.19. The van der Waals surface area contributed by atoms with Crippen molar-refractivity contribution < 1.29 is 19.1 Å². The van der Waals surface area contributed by atoms with Crippen molar-refractivity contribution >= 4 is 34.8 Å². The van der Waals surface area contributed by atoms with Crippen molar-refractivity contribution in [2.24, 2.45) is 5.92 Å². The molecule has 0 aromatic carbocycles. The molecule has 1 fully saturated rings. The van der Waals surface area contributed by atoms with Crippen LogP contribution in [0.2, 0.25) is 0 Å². The zero-order valence-corrected chi connectivity index (χ0v) is 15.9.